The van der Waals surface area contributed by atoms with Crippen LogP contribution in [-0.4, -0.2) is 42.5 Å². The van der Waals surface area contributed by atoms with E-state index in [9.17, 15) is 18.0 Å². The number of rotatable bonds is 11. The average Bonchev–Trinajstić information content (AvgIpc) is 3.32. The second-order valence-corrected chi connectivity index (χ2v) is 10.8. The van der Waals surface area contributed by atoms with Crippen molar-refractivity contribution in [2.45, 2.75) is 38.3 Å². The first-order valence-electron chi connectivity index (χ1n) is 11.0. The van der Waals surface area contributed by atoms with Gasteiger partial charge in [0.1, 0.15) is 0 Å². The summed E-state index contributed by atoms with van der Waals surface area (Å²) >= 11 is 1.56. The number of carbonyl (C=O) groups excluding carboxylic acids is 2. The normalized spacial score (nSPS) is 11.4. The summed E-state index contributed by atoms with van der Waals surface area (Å²) in [5, 5.41) is 4.58. The zero-order valence-corrected chi connectivity index (χ0v) is 20.9. The highest BCUT2D eigenvalue weighted by molar-refractivity contribution is 7.89. The van der Waals surface area contributed by atoms with Crippen LogP contribution in [0.25, 0.3) is 0 Å². The Balaban J connectivity index is 1.81. The minimum atomic E-state index is -3.90. The number of nitrogens with one attached hydrogen (secondary N) is 1. The van der Waals surface area contributed by atoms with Crippen LogP contribution in [0.5, 0.6) is 0 Å². The first-order chi connectivity index (χ1) is 16.3. The molecule has 0 unspecified atom stereocenters. The van der Waals surface area contributed by atoms with Crippen LogP contribution in [0.1, 0.15) is 30.7 Å². The molecule has 1 aromatic heterocycles. The molecule has 0 aliphatic heterocycles. The molecule has 9 heteroatoms. The van der Waals surface area contributed by atoms with Gasteiger partial charge in [0.15, 0.2) is 0 Å². The highest BCUT2D eigenvalue weighted by Crippen LogP contribution is 2.20. The predicted octanol–water partition coefficient (Wildman–Crippen LogP) is 4.34. The largest absolute Gasteiger partial charge is 0.332 e. The van der Waals surface area contributed by atoms with Gasteiger partial charge in [-0.15, -0.1) is 11.3 Å². The first-order valence-corrected chi connectivity index (χ1v) is 13.3. The molecule has 0 atom stereocenters. The second-order valence-electron chi connectivity index (χ2n) is 7.86. The number of sulfonamides is 1. The lowest BCUT2D eigenvalue weighted by Gasteiger charge is -2.27. The Bertz CT molecular complexity index is 1180. The molecular weight excluding hydrogens is 470 g/mol. The van der Waals surface area contributed by atoms with Gasteiger partial charge in [-0.2, -0.15) is 4.31 Å². The number of anilines is 1. The van der Waals surface area contributed by atoms with Gasteiger partial charge >= 0.3 is 0 Å². The van der Waals surface area contributed by atoms with E-state index >= 15 is 0 Å². The molecule has 180 valence electrons. The lowest BCUT2D eigenvalue weighted by molar-refractivity contribution is -0.132. The molecule has 0 aliphatic carbocycles. The van der Waals surface area contributed by atoms with Crippen LogP contribution in [0.15, 0.2) is 77.0 Å². The van der Waals surface area contributed by atoms with Crippen LogP contribution < -0.4 is 5.32 Å². The summed E-state index contributed by atoms with van der Waals surface area (Å²) in [6.07, 6.45) is 0.570. The van der Waals surface area contributed by atoms with Crippen LogP contribution in [0, 0.1) is 0 Å². The molecule has 7 nitrogen and oxygen atoms in total. The molecule has 34 heavy (non-hydrogen) atoms. The number of hydrogen-bond donors (Lipinski definition) is 1. The van der Waals surface area contributed by atoms with Crippen LogP contribution in [-0.2, 0) is 32.7 Å². The van der Waals surface area contributed by atoms with Crippen molar-refractivity contribution < 1.29 is 18.0 Å². The maximum absolute atomic E-state index is 13.4. The summed E-state index contributed by atoms with van der Waals surface area (Å²) in [5.74, 6) is -0.498. The van der Waals surface area contributed by atoms with Crippen molar-refractivity contribution in [2.24, 2.45) is 0 Å². The third-order valence-electron chi connectivity index (χ3n) is 5.09. The smallest absolute Gasteiger partial charge is 0.243 e. The van der Waals surface area contributed by atoms with Crippen LogP contribution in [0.3, 0.4) is 0 Å². The molecule has 3 rings (SSSR count). The summed E-state index contributed by atoms with van der Waals surface area (Å²) in [5.41, 5.74) is 1.49. The zero-order valence-electron chi connectivity index (χ0n) is 19.3. The van der Waals surface area contributed by atoms with Crippen molar-refractivity contribution in [1.82, 2.24) is 9.21 Å². The van der Waals surface area contributed by atoms with Gasteiger partial charge in [0.05, 0.1) is 18.0 Å². The van der Waals surface area contributed by atoms with Gasteiger partial charge in [-0.3, -0.25) is 9.59 Å². The quantitative estimate of drug-likeness (QED) is 0.425. The Kier molecular flexibility index (Phi) is 8.98. The van der Waals surface area contributed by atoms with E-state index in [0.717, 1.165) is 10.4 Å². The fourth-order valence-electron chi connectivity index (χ4n) is 3.47. The Morgan fingerprint density at radius 1 is 0.941 bits per heavy atom. The van der Waals surface area contributed by atoms with E-state index in [1.807, 2.05) is 54.8 Å². The third kappa shape index (κ3) is 6.99. The number of benzene rings is 2. The summed E-state index contributed by atoms with van der Waals surface area (Å²) in [6, 6.07) is 19.5. The molecular formula is C25H29N3O4S2. The van der Waals surface area contributed by atoms with E-state index in [-0.39, 0.29) is 29.8 Å². The van der Waals surface area contributed by atoms with Gasteiger partial charge in [-0.1, -0.05) is 43.3 Å². The monoisotopic (exact) mass is 499 g/mol. The third-order valence-corrected chi connectivity index (χ3v) is 7.81. The standard InChI is InChI=1S/C25H29N3O4S2/c1-3-15-28(34(31,32)24-13-11-22(12-14-24)26-20(2)29)19-25(30)27(18-23-10-7-16-33-23)17-21-8-5-4-6-9-21/h4-14,16H,3,15,17-19H2,1-2H3,(H,26,29). The molecule has 2 aromatic carbocycles. The van der Waals surface area contributed by atoms with Crippen molar-refractivity contribution in [3.63, 3.8) is 0 Å². The van der Waals surface area contributed by atoms with Crippen LogP contribution >= 0.6 is 11.3 Å². The summed E-state index contributed by atoms with van der Waals surface area (Å²) in [7, 11) is -3.90. The molecule has 1 N–H and O–H groups in total. The molecule has 3 aromatic rings. The summed E-state index contributed by atoms with van der Waals surface area (Å²) < 4.78 is 27.9. The first kappa shape index (κ1) is 25.6. The number of amides is 2. The Morgan fingerprint density at radius 2 is 1.65 bits per heavy atom. The van der Waals surface area contributed by atoms with Crippen LogP contribution in [0.2, 0.25) is 0 Å². The van der Waals surface area contributed by atoms with Gasteiger partial charge in [0.25, 0.3) is 0 Å². The zero-order chi connectivity index (χ0) is 24.6. The molecule has 1 heterocycles. The van der Waals surface area contributed by atoms with Gasteiger partial charge < -0.3 is 10.2 Å². The van der Waals surface area contributed by atoms with E-state index in [1.54, 1.807) is 28.4 Å². The molecule has 0 aliphatic rings. The number of hydrogen-bond acceptors (Lipinski definition) is 5. The molecule has 0 saturated carbocycles. The minimum Gasteiger partial charge on any atom is -0.332 e. The molecule has 0 radical (unpaired) electrons. The Labute approximate surface area is 205 Å². The average molecular weight is 500 g/mol. The van der Waals surface area contributed by atoms with Crippen LogP contribution in [0.4, 0.5) is 5.69 Å². The summed E-state index contributed by atoms with van der Waals surface area (Å²) in [4.78, 5) is 27.4. The number of nitrogens with zero attached hydrogens (tertiary/aromatic N) is 2. The maximum Gasteiger partial charge on any atom is 0.243 e. The molecule has 0 bridgehead atoms. The van der Waals surface area contributed by atoms with Gasteiger partial charge in [-0.05, 0) is 47.7 Å². The second kappa shape index (κ2) is 11.9. The molecule has 0 spiro atoms. The fraction of sp³-hybridized carbons (Fsp3) is 0.280. The lowest BCUT2D eigenvalue weighted by Crippen LogP contribution is -2.42. The fourth-order valence-corrected chi connectivity index (χ4v) is 5.67. The van der Waals surface area contributed by atoms with Gasteiger partial charge in [0.2, 0.25) is 21.8 Å². The molecule has 0 saturated heterocycles. The Morgan fingerprint density at radius 3 is 2.24 bits per heavy atom. The van der Waals surface area contributed by atoms with Gasteiger partial charge in [-0.25, -0.2) is 8.42 Å². The highest BCUT2D eigenvalue weighted by atomic mass is 32.2. The number of thiophene rings is 1. The van der Waals surface area contributed by atoms with Gasteiger partial charge in [0, 0.05) is 30.6 Å². The Hall–Kier alpha value is -3.01. The van der Waals surface area contributed by atoms with Crippen molar-refractivity contribution in [2.75, 3.05) is 18.4 Å². The predicted molar refractivity (Wildman–Crippen MR) is 135 cm³/mol. The van der Waals surface area contributed by atoms with E-state index < -0.39 is 10.0 Å². The van der Waals surface area contributed by atoms with E-state index in [0.29, 0.717) is 25.2 Å². The molecule has 0 fully saturated rings. The van der Waals surface area contributed by atoms with Crippen molar-refractivity contribution in [3.8, 4) is 0 Å². The van der Waals surface area contributed by atoms with E-state index in [2.05, 4.69) is 5.32 Å². The van der Waals surface area contributed by atoms with Crippen molar-refractivity contribution in [3.05, 3.63) is 82.6 Å². The van der Waals surface area contributed by atoms with E-state index in [4.69, 9.17) is 0 Å². The van der Waals surface area contributed by atoms with E-state index in [1.165, 1.54) is 23.4 Å². The van der Waals surface area contributed by atoms with Crippen molar-refractivity contribution >= 4 is 38.9 Å². The summed E-state index contributed by atoms with van der Waals surface area (Å²) in [6.45, 7) is 4.04. The topological polar surface area (TPSA) is 86.8 Å². The SMILES string of the molecule is CCCN(CC(=O)N(Cc1ccccc1)Cc1cccs1)S(=O)(=O)c1ccc(NC(C)=O)cc1. The maximum atomic E-state index is 13.4. The minimum absolute atomic E-state index is 0.0794. The van der Waals surface area contributed by atoms with Crippen molar-refractivity contribution in [1.29, 1.82) is 0 Å². The highest BCUT2D eigenvalue weighted by Gasteiger charge is 2.28. The lowest BCUT2D eigenvalue weighted by atomic mass is 10.2. The molecule has 2 amide bonds. The number of carbonyl (C=O) groups is 2.